The predicted octanol–water partition coefficient (Wildman–Crippen LogP) is 2.50. The highest BCUT2D eigenvalue weighted by Gasteiger charge is 2.02. The minimum absolute atomic E-state index is 0.247. The monoisotopic (exact) mass is 209 g/mol. The summed E-state index contributed by atoms with van der Waals surface area (Å²) in [4.78, 5) is 0. The van der Waals surface area contributed by atoms with Gasteiger partial charge in [0.05, 0.1) is 7.11 Å². The van der Waals surface area contributed by atoms with Gasteiger partial charge in [-0.2, -0.15) is 0 Å². The molecule has 82 valence electrons. The second-order valence-corrected chi connectivity index (χ2v) is 3.52. The van der Waals surface area contributed by atoms with Gasteiger partial charge in [0.1, 0.15) is 11.6 Å². The van der Waals surface area contributed by atoms with E-state index in [-0.39, 0.29) is 5.82 Å². The first kappa shape index (κ1) is 11.7. The molecule has 15 heavy (non-hydrogen) atoms. The summed E-state index contributed by atoms with van der Waals surface area (Å²) in [5, 5.41) is 3.10. The number of methoxy groups -OCH3 is 1. The SMILES string of the molecule is C=C(C)CNCc1ccc(OC)cc1F. The van der Waals surface area contributed by atoms with Crippen molar-refractivity contribution in [1.82, 2.24) is 5.32 Å². The maximum Gasteiger partial charge on any atom is 0.131 e. The van der Waals surface area contributed by atoms with Gasteiger partial charge in [-0.15, -0.1) is 0 Å². The minimum atomic E-state index is -0.247. The Bertz CT molecular complexity index is 349. The summed E-state index contributed by atoms with van der Waals surface area (Å²) in [7, 11) is 1.52. The van der Waals surface area contributed by atoms with E-state index in [0.717, 1.165) is 5.57 Å². The van der Waals surface area contributed by atoms with Gasteiger partial charge in [-0.1, -0.05) is 18.2 Å². The third-order valence-electron chi connectivity index (χ3n) is 2.00. The van der Waals surface area contributed by atoms with Gasteiger partial charge >= 0.3 is 0 Å². The Morgan fingerprint density at radius 1 is 1.53 bits per heavy atom. The molecule has 0 amide bonds. The van der Waals surface area contributed by atoms with Crippen molar-refractivity contribution in [2.75, 3.05) is 13.7 Å². The molecule has 0 bridgehead atoms. The summed E-state index contributed by atoms with van der Waals surface area (Å²) >= 11 is 0. The number of nitrogens with one attached hydrogen (secondary N) is 1. The highest BCUT2D eigenvalue weighted by molar-refractivity contribution is 5.28. The molecule has 1 aromatic carbocycles. The van der Waals surface area contributed by atoms with E-state index in [2.05, 4.69) is 11.9 Å². The van der Waals surface area contributed by atoms with Crippen LogP contribution in [0.5, 0.6) is 5.75 Å². The van der Waals surface area contributed by atoms with Gasteiger partial charge in [-0.3, -0.25) is 0 Å². The molecule has 0 aromatic heterocycles. The van der Waals surface area contributed by atoms with Crippen LogP contribution in [-0.2, 0) is 6.54 Å². The summed E-state index contributed by atoms with van der Waals surface area (Å²) < 4.78 is 18.3. The normalized spacial score (nSPS) is 10.1. The van der Waals surface area contributed by atoms with Crippen molar-refractivity contribution < 1.29 is 9.13 Å². The van der Waals surface area contributed by atoms with Crippen molar-refractivity contribution in [2.24, 2.45) is 0 Å². The van der Waals surface area contributed by atoms with Gasteiger partial charge in [-0.05, 0) is 13.0 Å². The van der Waals surface area contributed by atoms with Crippen molar-refractivity contribution >= 4 is 0 Å². The van der Waals surface area contributed by atoms with Crippen molar-refractivity contribution in [3.05, 3.63) is 41.7 Å². The molecular weight excluding hydrogens is 193 g/mol. The maximum atomic E-state index is 13.4. The fourth-order valence-corrected chi connectivity index (χ4v) is 1.21. The first-order valence-corrected chi connectivity index (χ1v) is 4.81. The first-order valence-electron chi connectivity index (χ1n) is 4.81. The molecule has 0 heterocycles. The van der Waals surface area contributed by atoms with Crippen LogP contribution < -0.4 is 10.1 Å². The molecule has 0 aliphatic rings. The summed E-state index contributed by atoms with van der Waals surface area (Å²) in [6, 6.07) is 4.86. The predicted molar refractivity (Wildman–Crippen MR) is 59.5 cm³/mol. The Kier molecular flexibility index (Phi) is 4.31. The summed E-state index contributed by atoms with van der Waals surface area (Å²) in [6.45, 7) is 6.89. The van der Waals surface area contributed by atoms with Crippen LogP contribution in [0.2, 0.25) is 0 Å². The number of hydrogen-bond acceptors (Lipinski definition) is 2. The van der Waals surface area contributed by atoms with Crippen LogP contribution in [0.4, 0.5) is 4.39 Å². The molecule has 0 unspecified atom stereocenters. The quantitative estimate of drug-likeness (QED) is 0.752. The van der Waals surface area contributed by atoms with E-state index in [0.29, 0.717) is 24.4 Å². The van der Waals surface area contributed by atoms with Gasteiger partial charge in [0.15, 0.2) is 0 Å². The second-order valence-electron chi connectivity index (χ2n) is 3.52. The van der Waals surface area contributed by atoms with E-state index in [1.165, 1.54) is 13.2 Å². The van der Waals surface area contributed by atoms with Crippen LogP contribution in [0.25, 0.3) is 0 Å². The van der Waals surface area contributed by atoms with Crippen LogP contribution in [0.15, 0.2) is 30.4 Å². The number of halogens is 1. The van der Waals surface area contributed by atoms with E-state index in [9.17, 15) is 4.39 Å². The molecule has 1 rings (SSSR count). The lowest BCUT2D eigenvalue weighted by Gasteiger charge is -2.07. The zero-order valence-corrected chi connectivity index (χ0v) is 9.14. The molecule has 1 N–H and O–H groups in total. The number of benzene rings is 1. The average Bonchev–Trinajstić information content (AvgIpc) is 2.20. The Labute approximate surface area is 89.8 Å². The maximum absolute atomic E-state index is 13.4. The summed E-state index contributed by atoms with van der Waals surface area (Å²) in [5.41, 5.74) is 1.67. The summed E-state index contributed by atoms with van der Waals surface area (Å²) in [5.74, 6) is 0.291. The molecule has 0 spiro atoms. The molecule has 0 saturated carbocycles. The van der Waals surface area contributed by atoms with Crippen LogP contribution in [0.1, 0.15) is 12.5 Å². The van der Waals surface area contributed by atoms with E-state index >= 15 is 0 Å². The Morgan fingerprint density at radius 2 is 2.27 bits per heavy atom. The molecular formula is C12H16FNO. The highest BCUT2D eigenvalue weighted by Crippen LogP contribution is 2.15. The molecule has 0 radical (unpaired) electrons. The molecule has 2 nitrogen and oxygen atoms in total. The fraction of sp³-hybridized carbons (Fsp3) is 0.333. The zero-order chi connectivity index (χ0) is 11.3. The third kappa shape index (κ3) is 3.72. The van der Waals surface area contributed by atoms with E-state index < -0.39 is 0 Å². The molecule has 0 saturated heterocycles. The van der Waals surface area contributed by atoms with Crippen molar-refractivity contribution in [3.8, 4) is 5.75 Å². The van der Waals surface area contributed by atoms with Crippen molar-refractivity contribution in [3.63, 3.8) is 0 Å². The van der Waals surface area contributed by atoms with Gasteiger partial charge in [0.2, 0.25) is 0 Å². The summed E-state index contributed by atoms with van der Waals surface area (Å²) in [6.07, 6.45) is 0. The highest BCUT2D eigenvalue weighted by atomic mass is 19.1. The number of rotatable bonds is 5. The Morgan fingerprint density at radius 3 is 2.80 bits per heavy atom. The lowest BCUT2D eigenvalue weighted by atomic mass is 10.2. The fourth-order valence-electron chi connectivity index (χ4n) is 1.21. The largest absolute Gasteiger partial charge is 0.497 e. The molecule has 0 fully saturated rings. The van der Waals surface area contributed by atoms with Crippen molar-refractivity contribution in [2.45, 2.75) is 13.5 Å². The molecule has 1 aromatic rings. The van der Waals surface area contributed by atoms with E-state index in [1.54, 1.807) is 12.1 Å². The van der Waals surface area contributed by atoms with Gasteiger partial charge in [-0.25, -0.2) is 4.39 Å². The Hall–Kier alpha value is -1.35. The minimum Gasteiger partial charge on any atom is -0.497 e. The van der Waals surface area contributed by atoms with Crippen LogP contribution >= 0.6 is 0 Å². The van der Waals surface area contributed by atoms with Gasteiger partial charge in [0.25, 0.3) is 0 Å². The zero-order valence-electron chi connectivity index (χ0n) is 9.14. The Balaban J connectivity index is 2.58. The van der Waals surface area contributed by atoms with E-state index in [1.807, 2.05) is 6.92 Å². The standard InChI is InChI=1S/C12H16FNO/c1-9(2)7-14-8-10-4-5-11(15-3)6-12(10)13/h4-6,14H,1,7-8H2,2-3H3. The average molecular weight is 209 g/mol. The van der Waals surface area contributed by atoms with Crippen LogP contribution in [0, 0.1) is 5.82 Å². The second kappa shape index (κ2) is 5.51. The van der Waals surface area contributed by atoms with Crippen molar-refractivity contribution in [1.29, 1.82) is 0 Å². The molecule has 0 aliphatic heterocycles. The smallest absolute Gasteiger partial charge is 0.131 e. The first-order chi connectivity index (χ1) is 7.13. The molecule has 0 atom stereocenters. The molecule has 0 aliphatic carbocycles. The van der Waals surface area contributed by atoms with Gasteiger partial charge < -0.3 is 10.1 Å². The number of hydrogen-bond donors (Lipinski definition) is 1. The lowest BCUT2D eigenvalue weighted by molar-refractivity contribution is 0.410. The van der Waals surface area contributed by atoms with E-state index in [4.69, 9.17) is 4.74 Å². The molecule has 3 heteroatoms. The third-order valence-corrected chi connectivity index (χ3v) is 2.00. The van der Waals surface area contributed by atoms with Crippen LogP contribution in [0.3, 0.4) is 0 Å². The lowest BCUT2D eigenvalue weighted by Crippen LogP contribution is -2.16. The topological polar surface area (TPSA) is 21.3 Å². The van der Waals surface area contributed by atoms with Crippen LogP contribution in [-0.4, -0.2) is 13.7 Å². The number of ether oxygens (including phenoxy) is 1. The van der Waals surface area contributed by atoms with Gasteiger partial charge in [0, 0.05) is 24.7 Å².